The molecule has 0 unspecified atom stereocenters. The van der Waals surface area contributed by atoms with Crippen molar-refractivity contribution < 1.29 is 22.7 Å². The largest absolute Gasteiger partial charge is 0.449 e. The van der Waals surface area contributed by atoms with Gasteiger partial charge in [-0.15, -0.1) is 0 Å². The summed E-state index contributed by atoms with van der Waals surface area (Å²) < 4.78 is 28.1. The van der Waals surface area contributed by atoms with Gasteiger partial charge in [0.05, 0.1) is 10.5 Å². The predicted molar refractivity (Wildman–Crippen MR) is 107 cm³/mol. The van der Waals surface area contributed by atoms with Crippen LogP contribution in [0.5, 0.6) is 0 Å². The molecule has 0 bridgehead atoms. The molecule has 0 radical (unpaired) electrons. The number of carbonyl (C=O) groups is 2. The molecule has 7 heteroatoms. The van der Waals surface area contributed by atoms with Crippen LogP contribution in [0.2, 0.25) is 0 Å². The van der Waals surface area contributed by atoms with Gasteiger partial charge in [-0.25, -0.2) is 13.2 Å². The Kier molecular flexibility index (Phi) is 7.34. The molecule has 0 fully saturated rings. The first-order chi connectivity index (χ1) is 13.2. The second kappa shape index (κ2) is 9.50. The smallest absolute Gasteiger partial charge is 0.338 e. The minimum atomic E-state index is -3.34. The third-order valence-corrected chi connectivity index (χ3v) is 5.59. The van der Waals surface area contributed by atoms with Gasteiger partial charge in [0.2, 0.25) is 0 Å². The predicted octanol–water partition coefficient (Wildman–Crippen LogP) is 2.95. The zero-order valence-corrected chi connectivity index (χ0v) is 17.0. The second-order valence-corrected chi connectivity index (χ2v) is 8.62. The fourth-order valence-corrected chi connectivity index (χ4v) is 3.34. The Bertz CT molecular complexity index is 908. The van der Waals surface area contributed by atoms with Crippen LogP contribution < -0.4 is 5.32 Å². The molecule has 0 heterocycles. The van der Waals surface area contributed by atoms with Crippen LogP contribution in [0.3, 0.4) is 0 Å². The van der Waals surface area contributed by atoms with Crippen molar-refractivity contribution in [3.05, 3.63) is 65.7 Å². The Morgan fingerprint density at radius 1 is 1.04 bits per heavy atom. The van der Waals surface area contributed by atoms with Gasteiger partial charge in [-0.05, 0) is 43.2 Å². The van der Waals surface area contributed by atoms with Crippen molar-refractivity contribution in [3.63, 3.8) is 0 Å². The topological polar surface area (TPSA) is 89.5 Å². The number of ether oxygens (including phenoxy) is 1. The minimum Gasteiger partial charge on any atom is -0.449 e. The average Bonchev–Trinajstić information content (AvgIpc) is 2.68. The lowest BCUT2D eigenvalue weighted by Gasteiger charge is -2.18. The quantitative estimate of drug-likeness (QED) is 0.685. The summed E-state index contributed by atoms with van der Waals surface area (Å²) in [5.74, 6) is -0.884. The fourth-order valence-electron chi connectivity index (χ4n) is 2.71. The van der Waals surface area contributed by atoms with Crippen molar-refractivity contribution in [1.82, 2.24) is 5.32 Å². The van der Waals surface area contributed by atoms with Crippen LogP contribution in [0.15, 0.2) is 59.5 Å². The lowest BCUT2D eigenvalue weighted by atomic mass is 9.96. The Labute approximate surface area is 165 Å². The van der Waals surface area contributed by atoms with Gasteiger partial charge in [0, 0.05) is 18.7 Å². The molecule has 28 heavy (non-hydrogen) atoms. The average molecular weight is 404 g/mol. The first-order valence-corrected chi connectivity index (χ1v) is 10.9. The van der Waals surface area contributed by atoms with E-state index in [0.717, 1.165) is 18.2 Å². The highest BCUT2D eigenvalue weighted by Crippen LogP contribution is 2.18. The molecule has 2 aromatic rings. The summed E-state index contributed by atoms with van der Waals surface area (Å²) >= 11 is 0. The number of sulfone groups is 1. The maximum atomic E-state index is 12.3. The van der Waals surface area contributed by atoms with Crippen LogP contribution in [0.4, 0.5) is 0 Å². The molecule has 1 amide bonds. The molecule has 2 rings (SSSR count). The van der Waals surface area contributed by atoms with Gasteiger partial charge in [-0.2, -0.15) is 0 Å². The minimum absolute atomic E-state index is 0.112. The Hall–Kier alpha value is -2.67. The molecule has 0 aliphatic heterocycles. The summed E-state index contributed by atoms with van der Waals surface area (Å²) in [7, 11) is -3.34. The van der Waals surface area contributed by atoms with Crippen LogP contribution in [0, 0.1) is 0 Å². The zero-order chi connectivity index (χ0) is 20.7. The lowest BCUT2D eigenvalue weighted by molar-refractivity contribution is -0.129. The van der Waals surface area contributed by atoms with Crippen LogP contribution in [0.25, 0.3) is 0 Å². The molecule has 0 aliphatic carbocycles. The lowest BCUT2D eigenvalue weighted by Crippen LogP contribution is -2.38. The summed E-state index contributed by atoms with van der Waals surface area (Å²) in [6.07, 6.45) is 0.993. The molecule has 0 saturated heterocycles. The van der Waals surface area contributed by atoms with E-state index in [2.05, 4.69) is 5.32 Å². The summed E-state index contributed by atoms with van der Waals surface area (Å²) in [6, 6.07) is 15.3. The van der Waals surface area contributed by atoms with Crippen molar-refractivity contribution in [2.24, 2.45) is 0 Å². The van der Waals surface area contributed by atoms with Gasteiger partial charge in [0.1, 0.15) is 0 Å². The number of esters is 1. The molecule has 0 spiro atoms. The monoisotopic (exact) mass is 403 g/mol. The maximum Gasteiger partial charge on any atom is 0.338 e. The summed E-state index contributed by atoms with van der Waals surface area (Å²) in [4.78, 5) is 24.6. The van der Waals surface area contributed by atoms with Gasteiger partial charge >= 0.3 is 5.97 Å². The molecule has 6 nitrogen and oxygen atoms in total. The Morgan fingerprint density at radius 3 is 2.18 bits per heavy atom. The standard InChI is InChI=1S/C21H25NO5S/c1-4-16(17-8-6-5-7-9-17)14-22-20(23)15(2)27-21(24)18-10-12-19(13-11-18)28(3,25)26/h5-13,15-16H,4,14H2,1-3H3,(H,22,23)/t15-,16+/m0/s1. The second-order valence-electron chi connectivity index (χ2n) is 6.61. The molecule has 1 N–H and O–H groups in total. The van der Waals surface area contributed by atoms with Gasteiger partial charge < -0.3 is 10.1 Å². The Morgan fingerprint density at radius 2 is 1.64 bits per heavy atom. The van der Waals surface area contributed by atoms with Gasteiger partial charge in [0.25, 0.3) is 5.91 Å². The van der Waals surface area contributed by atoms with E-state index < -0.39 is 21.9 Å². The van der Waals surface area contributed by atoms with Crippen molar-refractivity contribution in [1.29, 1.82) is 0 Å². The molecule has 2 aromatic carbocycles. The first kappa shape index (κ1) is 21.6. The highest BCUT2D eigenvalue weighted by molar-refractivity contribution is 7.90. The van der Waals surface area contributed by atoms with Crippen molar-refractivity contribution in [2.45, 2.75) is 37.2 Å². The summed E-state index contributed by atoms with van der Waals surface area (Å²) in [5.41, 5.74) is 1.32. The van der Waals surface area contributed by atoms with Crippen molar-refractivity contribution in [2.75, 3.05) is 12.8 Å². The highest BCUT2D eigenvalue weighted by Gasteiger charge is 2.20. The maximum absolute atomic E-state index is 12.3. The van der Waals surface area contributed by atoms with E-state index in [1.165, 1.54) is 31.2 Å². The number of benzene rings is 2. The van der Waals surface area contributed by atoms with E-state index in [1.807, 2.05) is 37.3 Å². The molecule has 0 saturated carbocycles. The Balaban J connectivity index is 1.91. The number of hydrogen-bond acceptors (Lipinski definition) is 5. The van der Waals surface area contributed by atoms with Crippen LogP contribution in [-0.4, -0.2) is 39.2 Å². The molecule has 0 aliphatic rings. The third kappa shape index (κ3) is 5.92. The summed E-state index contributed by atoms with van der Waals surface area (Å²) in [6.45, 7) is 4.00. The summed E-state index contributed by atoms with van der Waals surface area (Å²) in [5, 5.41) is 2.82. The third-order valence-electron chi connectivity index (χ3n) is 4.46. The van der Waals surface area contributed by atoms with E-state index in [9.17, 15) is 18.0 Å². The zero-order valence-electron chi connectivity index (χ0n) is 16.2. The number of rotatable bonds is 8. The molecular weight excluding hydrogens is 378 g/mol. The number of hydrogen-bond donors (Lipinski definition) is 1. The SMILES string of the molecule is CC[C@H](CNC(=O)[C@H](C)OC(=O)c1ccc(S(C)(=O)=O)cc1)c1ccccc1. The van der Waals surface area contributed by atoms with Crippen LogP contribution in [0.1, 0.15) is 42.1 Å². The number of carbonyl (C=O) groups excluding carboxylic acids is 2. The van der Waals surface area contributed by atoms with E-state index in [1.54, 1.807) is 0 Å². The molecule has 150 valence electrons. The van der Waals surface area contributed by atoms with Gasteiger partial charge in [0.15, 0.2) is 15.9 Å². The first-order valence-electron chi connectivity index (χ1n) is 9.06. The highest BCUT2D eigenvalue weighted by atomic mass is 32.2. The van der Waals surface area contributed by atoms with Crippen LogP contribution in [-0.2, 0) is 19.4 Å². The molecule has 2 atom stereocenters. The van der Waals surface area contributed by atoms with Crippen molar-refractivity contribution >= 4 is 21.7 Å². The van der Waals surface area contributed by atoms with E-state index >= 15 is 0 Å². The van der Waals surface area contributed by atoms with Crippen molar-refractivity contribution in [3.8, 4) is 0 Å². The van der Waals surface area contributed by atoms with Gasteiger partial charge in [-0.3, -0.25) is 4.79 Å². The molecule has 0 aromatic heterocycles. The molecular formula is C21H25NO5S. The van der Waals surface area contributed by atoms with E-state index in [0.29, 0.717) is 6.54 Å². The van der Waals surface area contributed by atoms with Gasteiger partial charge in [-0.1, -0.05) is 37.3 Å². The fraction of sp³-hybridized carbons (Fsp3) is 0.333. The van der Waals surface area contributed by atoms with E-state index in [4.69, 9.17) is 4.74 Å². The van der Waals surface area contributed by atoms with E-state index in [-0.39, 0.29) is 22.3 Å². The van der Waals surface area contributed by atoms with Crippen LogP contribution >= 0.6 is 0 Å². The number of amides is 1. The number of nitrogens with one attached hydrogen (secondary N) is 1. The normalized spacial score (nSPS) is 13.4.